The summed E-state index contributed by atoms with van der Waals surface area (Å²) in [6.07, 6.45) is -0.0263. The zero-order valence-electron chi connectivity index (χ0n) is 15.9. The number of amidine groups is 1. The molecule has 30 heavy (non-hydrogen) atoms. The number of ether oxygens (including phenoxy) is 1. The number of methoxy groups -OCH3 is 1. The van der Waals surface area contributed by atoms with Crippen molar-refractivity contribution < 1.29 is 26.7 Å². The molecule has 2 aromatic rings. The first kappa shape index (κ1) is 20.8. The second-order valence-corrected chi connectivity index (χ2v) is 10.4. The van der Waals surface area contributed by atoms with E-state index < -0.39 is 33.4 Å². The van der Waals surface area contributed by atoms with Crippen LogP contribution in [0.4, 0.5) is 14.5 Å². The standard InChI is InChI=1S/C20H18F2N2O4S2/c1-28-17-5-3-2-4-12(17)8-19(25)23-20-24(15-7-6-13(21)9-14(15)22)16-10-30(26,27)11-18(16)29-20/h2-7,9,16,18H,8,10-11H2,1H3/t16-,18-/m0/s1. The van der Waals surface area contributed by atoms with E-state index in [4.69, 9.17) is 4.74 Å². The predicted octanol–water partition coefficient (Wildman–Crippen LogP) is 2.82. The highest BCUT2D eigenvalue weighted by Crippen LogP contribution is 2.41. The topological polar surface area (TPSA) is 76.0 Å². The van der Waals surface area contributed by atoms with Gasteiger partial charge >= 0.3 is 0 Å². The molecule has 0 bridgehead atoms. The van der Waals surface area contributed by atoms with Gasteiger partial charge in [0.2, 0.25) is 0 Å². The van der Waals surface area contributed by atoms with Crippen LogP contribution in [-0.2, 0) is 21.1 Å². The van der Waals surface area contributed by atoms with Gasteiger partial charge in [0.15, 0.2) is 15.0 Å². The van der Waals surface area contributed by atoms with E-state index in [1.54, 1.807) is 24.3 Å². The van der Waals surface area contributed by atoms with E-state index in [9.17, 15) is 22.0 Å². The highest BCUT2D eigenvalue weighted by atomic mass is 32.2. The number of sulfone groups is 1. The number of thioether (sulfide) groups is 1. The quantitative estimate of drug-likeness (QED) is 0.710. The lowest BCUT2D eigenvalue weighted by Gasteiger charge is -2.24. The number of hydrogen-bond acceptors (Lipinski definition) is 5. The van der Waals surface area contributed by atoms with E-state index in [2.05, 4.69) is 4.99 Å². The van der Waals surface area contributed by atoms with E-state index in [0.717, 1.165) is 23.9 Å². The summed E-state index contributed by atoms with van der Waals surface area (Å²) in [6.45, 7) is 0. The highest BCUT2D eigenvalue weighted by molar-refractivity contribution is 8.16. The Morgan fingerprint density at radius 1 is 1.23 bits per heavy atom. The highest BCUT2D eigenvalue weighted by Gasteiger charge is 2.50. The van der Waals surface area contributed by atoms with Crippen molar-refractivity contribution in [2.45, 2.75) is 17.7 Å². The van der Waals surface area contributed by atoms with Crippen molar-refractivity contribution in [1.29, 1.82) is 0 Å². The van der Waals surface area contributed by atoms with Crippen LogP contribution in [0, 0.1) is 11.6 Å². The third kappa shape index (κ3) is 4.06. The Labute approximate surface area is 176 Å². The first-order valence-corrected chi connectivity index (χ1v) is 11.8. The van der Waals surface area contributed by atoms with Gasteiger partial charge in [-0.05, 0) is 18.2 Å². The first-order valence-electron chi connectivity index (χ1n) is 9.12. The molecule has 6 nitrogen and oxygen atoms in total. The summed E-state index contributed by atoms with van der Waals surface area (Å²) in [5.74, 6) is -1.77. The fraction of sp³-hybridized carbons (Fsp3) is 0.300. The van der Waals surface area contributed by atoms with Crippen LogP contribution in [0.15, 0.2) is 47.5 Å². The summed E-state index contributed by atoms with van der Waals surface area (Å²) >= 11 is 1.13. The molecule has 2 atom stereocenters. The zero-order valence-corrected chi connectivity index (χ0v) is 17.6. The van der Waals surface area contributed by atoms with Gasteiger partial charge in [0, 0.05) is 16.9 Å². The number of carbonyl (C=O) groups is 1. The van der Waals surface area contributed by atoms with E-state index in [1.807, 2.05) is 0 Å². The van der Waals surface area contributed by atoms with Gasteiger partial charge in [-0.15, -0.1) is 0 Å². The van der Waals surface area contributed by atoms with Crippen LogP contribution in [-0.4, -0.2) is 49.4 Å². The molecule has 0 spiro atoms. The molecule has 2 fully saturated rings. The van der Waals surface area contributed by atoms with Crippen LogP contribution in [0.3, 0.4) is 0 Å². The van der Waals surface area contributed by atoms with Gasteiger partial charge in [0.05, 0.1) is 36.8 Å². The average molecular weight is 453 g/mol. The minimum absolute atomic E-state index is 0.00246. The molecule has 4 rings (SSSR count). The number of fused-ring (bicyclic) bond motifs is 1. The fourth-order valence-electron chi connectivity index (χ4n) is 3.68. The molecule has 1 amide bonds. The molecule has 0 unspecified atom stereocenters. The third-order valence-electron chi connectivity index (χ3n) is 4.99. The molecule has 0 radical (unpaired) electrons. The third-order valence-corrected chi connectivity index (χ3v) is 8.20. The maximum absolute atomic E-state index is 14.5. The Kier molecular flexibility index (Phi) is 5.54. The molecule has 2 aromatic carbocycles. The van der Waals surface area contributed by atoms with Gasteiger partial charge in [-0.1, -0.05) is 30.0 Å². The van der Waals surface area contributed by atoms with Crippen molar-refractivity contribution in [1.82, 2.24) is 0 Å². The van der Waals surface area contributed by atoms with Crippen molar-refractivity contribution in [2.24, 2.45) is 4.99 Å². The van der Waals surface area contributed by atoms with Crippen molar-refractivity contribution in [3.63, 3.8) is 0 Å². The normalized spacial score (nSPS) is 23.6. The van der Waals surface area contributed by atoms with Crippen LogP contribution < -0.4 is 9.64 Å². The lowest BCUT2D eigenvalue weighted by molar-refractivity contribution is -0.117. The lowest BCUT2D eigenvalue weighted by Crippen LogP contribution is -2.38. The number of nitrogens with zero attached hydrogens (tertiary/aromatic N) is 2. The summed E-state index contributed by atoms with van der Waals surface area (Å²) in [4.78, 5) is 18.2. The Bertz CT molecular complexity index is 1140. The predicted molar refractivity (Wildman–Crippen MR) is 112 cm³/mol. The number of anilines is 1. The minimum atomic E-state index is -3.29. The smallest absolute Gasteiger partial charge is 0.252 e. The van der Waals surface area contributed by atoms with Crippen LogP contribution in [0.2, 0.25) is 0 Å². The van der Waals surface area contributed by atoms with Crippen LogP contribution >= 0.6 is 11.8 Å². The SMILES string of the molecule is COc1ccccc1CC(=O)N=C1S[C@H]2CS(=O)(=O)C[C@@H]2N1c1ccc(F)cc1F. The summed E-state index contributed by atoms with van der Waals surface area (Å²) in [5.41, 5.74) is 0.650. The molecule has 0 aromatic heterocycles. The molecule has 2 saturated heterocycles. The largest absolute Gasteiger partial charge is 0.496 e. The minimum Gasteiger partial charge on any atom is -0.496 e. The van der Waals surface area contributed by atoms with Crippen LogP contribution in [0.25, 0.3) is 0 Å². The number of carbonyl (C=O) groups excluding carboxylic acids is 1. The van der Waals surface area contributed by atoms with Gasteiger partial charge in [-0.3, -0.25) is 4.79 Å². The fourth-order valence-corrected chi connectivity index (χ4v) is 7.61. The van der Waals surface area contributed by atoms with Gasteiger partial charge in [0.1, 0.15) is 17.4 Å². The molecular weight excluding hydrogens is 434 g/mol. The molecule has 0 saturated carbocycles. The van der Waals surface area contributed by atoms with Crippen molar-refractivity contribution in [3.05, 3.63) is 59.7 Å². The van der Waals surface area contributed by atoms with Crippen molar-refractivity contribution >= 4 is 38.4 Å². The maximum atomic E-state index is 14.5. The monoisotopic (exact) mass is 452 g/mol. The Morgan fingerprint density at radius 3 is 2.73 bits per heavy atom. The molecular formula is C20H18F2N2O4S2. The first-order chi connectivity index (χ1) is 14.3. The Morgan fingerprint density at radius 2 is 2.00 bits per heavy atom. The number of amides is 1. The van der Waals surface area contributed by atoms with Crippen LogP contribution in [0.1, 0.15) is 5.56 Å². The summed E-state index contributed by atoms with van der Waals surface area (Å²) in [7, 11) is -1.79. The number of aliphatic imine (C=N–C) groups is 1. The summed E-state index contributed by atoms with van der Waals surface area (Å²) < 4.78 is 57.3. The summed E-state index contributed by atoms with van der Waals surface area (Å²) in [5, 5.41) is -0.164. The molecule has 10 heteroatoms. The van der Waals surface area contributed by atoms with Gasteiger partial charge < -0.3 is 9.64 Å². The second-order valence-electron chi connectivity index (χ2n) is 7.04. The van der Waals surface area contributed by atoms with Crippen molar-refractivity contribution in [2.75, 3.05) is 23.5 Å². The molecule has 158 valence electrons. The van der Waals surface area contributed by atoms with Gasteiger partial charge in [0.25, 0.3) is 5.91 Å². The Hall–Kier alpha value is -2.46. The maximum Gasteiger partial charge on any atom is 0.252 e. The Balaban J connectivity index is 1.68. The molecule has 2 aliphatic rings. The molecule has 2 heterocycles. The van der Waals surface area contributed by atoms with Crippen LogP contribution in [0.5, 0.6) is 5.75 Å². The van der Waals surface area contributed by atoms with E-state index >= 15 is 0 Å². The number of para-hydroxylation sites is 1. The summed E-state index contributed by atoms with van der Waals surface area (Å²) in [6, 6.07) is 9.52. The average Bonchev–Trinajstić information content (AvgIpc) is 3.13. The van der Waals surface area contributed by atoms with E-state index in [0.29, 0.717) is 11.3 Å². The zero-order chi connectivity index (χ0) is 21.5. The van der Waals surface area contributed by atoms with E-state index in [-0.39, 0.29) is 34.0 Å². The molecule has 0 aliphatic carbocycles. The lowest BCUT2D eigenvalue weighted by atomic mass is 10.1. The van der Waals surface area contributed by atoms with Gasteiger partial charge in [-0.25, -0.2) is 17.2 Å². The van der Waals surface area contributed by atoms with Gasteiger partial charge in [-0.2, -0.15) is 4.99 Å². The molecule has 0 N–H and O–H groups in total. The number of rotatable bonds is 4. The second kappa shape index (κ2) is 7.99. The molecule has 2 aliphatic heterocycles. The number of benzene rings is 2. The van der Waals surface area contributed by atoms with Crippen molar-refractivity contribution in [3.8, 4) is 5.75 Å². The van der Waals surface area contributed by atoms with E-state index in [1.165, 1.54) is 18.1 Å². The number of halogens is 2. The number of hydrogen-bond donors (Lipinski definition) is 0.